The monoisotopic (exact) mass is 312 g/mol. The van der Waals surface area contributed by atoms with Crippen LogP contribution in [0.15, 0.2) is 29.2 Å². The van der Waals surface area contributed by atoms with E-state index in [-0.39, 0.29) is 17.0 Å². The first-order chi connectivity index (χ1) is 9.89. The predicted octanol–water partition coefficient (Wildman–Crippen LogP) is 1.33. The molecule has 0 atom stereocenters. The Kier molecular flexibility index (Phi) is 5.03. The molecule has 0 bridgehead atoms. The standard InChI is InChI=1S/C15H24N2O3S/c1-17(2)15(8-3-4-9-15)12-16-21(19,20)14-7-5-6-13(10-14)11-18/h5-7,10,16,18H,3-4,8-9,11-12H2,1-2H3. The molecule has 21 heavy (non-hydrogen) atoms. The first-order valence-electron chi connectivity index (χ1n) is 7.26. The number of hydrogen-bond acceptors (Lipinski definition) is 4. The molecule has 2 rings (SSSR count). The lowest BCUT2D eigenvalue weighted by atomic mass is 9.97. The molecule has 6 heteroatoms. The van der Waals surface area contributed by atoms with E-state index in [0.717, 1.165) is 25.7 Å². The number of aliphatic hydroxyl groups is 1. The Hall–Kier alpha value is -0.950. The van der Waals surface area contributed by atoms with Crippen LogP contribution in [0.5, 0.6) is 0 Å². The maximum atomic E-state index is 12.4. The predicted molar refractivity (Wildman–Crippen MR) is 82.4 cm³/mol. The number of likely N-dealkylation sites (N-methyl/N-ethyl adjacent to an activating group) is 1. The Bertz CT molecular complexity index is 578. The Morgan fingerprint density at radius 2 is 1.95 bits per heavy atom. The van der Waals surface area contributed by atoms with Crippen LogP contribution in [0.4, 0.5) is 0 Å². The van der Waals surface area contributed by atoms with E-state index in [1.807, 2.05) is 14.1 Å². The van der Waals surface area contributed by atoms with E-state index in [4.69, 9.17) is 5.11 Å². The van der Waals surface area contributed by atoms with Gasteiger partial charge in [-0.1, -0.05) is 25.0 Å². The second-order valence-electron chi connectivity index (χ2n) is 5.96. The van der Waals surface area contributed by atoms with Gasteiger partial charge in [-0.25, -0.2) is 13.1 Å². The first kappa shape index (κ1) is 16.4. The molecule has 0 heterocycles. The summed E-state index contributed by atoms with van der Waals surface area (Å²) < 4.78 is 27.6. The van der Waals surface area contributed by atoms with Crippen molar-refractivity contribution in [1.82, 2.24) is 9.62 Å². The van der Waals surface area contributed by atoms with Gasteiger partial charge in [0.05, 0.1) is 11.5 Å². The smallest absolute Gasteiger partial charge is 0.240 e. The fourth-order valence-electron chi connectivity index (χ4n) is 2.94. The van der Waals surface area contributed by atoms with Crippen LogP contribution >= 0.6 is 0 Å². The molecule has 1 aliphatic carbocycles. The third kappa shape index (κ3) is 3.63. The van der Waals surface area contributed by atoms with Crippen molar-refractivity contribution in [1.29, 1.82) is 0 Å². The van der Waals surface area contributed by atoms with Gasteiger partial charge in [0, 0.05) is 12.1 Å². The highest BCUT2D eigenvalue weighted by molar-refractivity contribution is 7.89. The summed E-state index contributed by atoms with van der Waals surface area (Å²) >= 11 is 0. The normalized spacial score (nSPS) is 18.3. The third-order valence-corrected chi connectivity index (χ3v) is 5.86. The van der Waals surface area contributed by atoms with Gasteiger partial charge in [0.1, 0.15) is 0 Å². The van der Waals surface area contributed by atoms with Crippen LogP contribution in [0.1, 0.15) is 31.2 Å². The maximum Gasteiger partial charge on any atom is 0.240 e. The van der Waals surface area contributed by atoms with E-state index in [9.17, 15) is 8.42 Å². The fourth-order valence-corrected chi connectivity index (χ4v) is 4.13. The summed E-state index contributed by atoms with van der Waals surface area (Å²) in [5, 5.41) is 9.12. The van der Waals surface area contributed by atoms with Crippen LogP contribution in [0.3, 0.4) is 0 Å². The zero-order chi connectivity index (χ0) is 15.5. The van der Waals surface area contributed by atoms with Gasteiger partial charge in [0.2, 0.25) is 10.0 Å². The van der Waals surface area contributed by atoms with Gasteiger partial charge in [0.15, 0.2) is 0 Å². The summed E-state index contributed by atoms with van der Waals surface area (Å²) in [6.45, 7) is 0.261. The van der Waals surface area contributed by atoms with E-state index < -0.39 is 10.0 Å². The summed E-state index contributed by atoms with van der Waals surface area (Å²) in [4.78, 5) is 2.34. The van der Waals surface area contributed by atoms with Crippen LogP contribution in [0, 0.1) is 0 Å². The van der Waals surface area contributed by atoms with E-state index in [2.05, 4.69) is 9.62 Å². The summed E-state index contributed by atoms with van der Waals surface area (Å²) in [7, 11) is 0.472. The Labute approximate surface area is 127 Å². The fraction of sp³-hybridized carbons (Fsp3) is 0.600. The molecule has 0 unspecified atom stereocenters. The van der Waals surface area contributed by atoms with E-state index in [1.54, 1.807) is 18.2 Å². The topological polar surface area (TPSA) is 69.6 Å². The number of nitrogens with zero attached hydrogens (tertiary/aromatic N) is 1. The second kappa shape index (κ2) is 6.44. The summed E-state index contributed by atoms with van der Waals surface area (Å²) in [6, 6.07) is 6.42. The SMILES string of the molecule is CN(C)C1(CNS(=O)(=O)c2cccc(CO)c2)CCCC1. The molecule has 1 saturated carbocycles. The number of benzene rings is 1. The third-order valence-electron chi connectivity index (χ3n) is 4.47. The Morgan fingerprint density at radius 1 is 1.29 bits per heavy atom. The van der Waals surface area contributed by atoms with E-state index in [0.29, 0.717) is 12.1 Å². The van der Waals surface area contributed by atoms with Crippen molar-refractivity contribution in [3.63, 3.8) is 0 Å². The van der Waals surface area contributed by atoms with Crippen LogP contribution in [-0.4, -0.2) is 44.6 Å². The molecule has 0 spiro atoms. The second-order valence-corrected chi connectivity index (χ2v) is 7.72. The lowest BCUT2D eigenvalue weighted by Gasteiger charge is -2.36. The molecule has 2 N–H and O–H groups in total. The molecule has 1 aliphatic rings. The molecule has 118 valence electrons. The van der Waals surface area contributed by atoms with Crippen molar-refractivity contribution in [2.24, 2.45) is 0 Å². The van der Waals surface area contributed by atoms with Gasteiger partial charge in [-0.3, -0.25) is 0 Å². The summed E-state index contributed by atoms with van der Waals surface area (Å²) in [5.41, 5.74) is 0.517. The van der Waals surface area contributed by atoms with E-state index >= 15 is 0 Å². The van der Waals surface area contributed by atoms with Gasteiger partial charge < -0.3 is 10.0 Å². The van der Waals surface area contributed by atoms with Gasteiger partial charge in [-0.05, 0) is 44.6 Å². The minimum atomic E-state index is -3.54. The largest absolute Gasteiger partial charge is 0.392 e. The van der Waals surface area contributed by atoms with Crippen molar-refractivity contribution < 1.29 is 13.5 Å². The van der Waals surface area contributed by atoms with Crippen molar-refractivity contribution in [3.8, 4) is 0 Å². The molecule has 5 nitrogen and oxygen atoms in total. The van der Waals surface area contributed by atoms with Gasteiger partial charge in [0.25, 0.3) is 0 Å². The van der Waals surface area contributed by atoms with Crippen LogP contribution in [0.2, 0.25) is 0 Å². The zero-order valence-electron chi connectivity index (χ0n) is 12.7. The molecule has 0 radical (unpaired) electrons. The molecule has 0 amide bonds. The maximum absolute atomic E-state index is 12.4. The number of hydrogen-bond donors (Lipinski definition) is 2. The first-order valence-corrected chi connectivity index (χ1v) is 8.75. The highest BCUT2D eigenvalue weighted by Gasteiger charge is 2.36. The van der Waals surface area contributed by atoms with Gasteiger partial charge >= 0.3 is 0 Å². The van der Waals surface area contributed by atoms with E-state index in [1.165, 1.54) is 6.07 Å². The Morgan fingerprint density at radius 3 is 2.52 bits per heavy atom. The van der Waals surface area contributed by atoms with Crippen LogP contribution < -0.4 is 4.72 Å². The average molecular weight is 312 g/mol. The van der Waals surface area contributed by atoms with Gasteiger partial charge in [-0.2, -0.15) is 0 Å². The molecule has 0 aliphatic heterocycles. The minimum absolute atomic E-state index is 0.0817. The van der Waals surface area contributed by atoms with Crippen molar-refractivity contribution >= 4 is 10.0 Å². The number of aliphatic hydroxyl groups excluding tert-OH is 1. The highest BCUT2D eigenvalue weighted by Crippen LogP contribution is 2.33. The molecule has 0 aromatic heterocycles. The van der Waals surface area contributed by atoms with Crippen molar-refractivity contribution in [2.45, 2.75) is 42.7 Å². The van der Waals surface area contributed by atoms with Crippen molar-refractivity contribution in [2.75, 3.05) is 20.6 Å². The van der Waals surface area contributed by atoms with Crippen LogP contribution in [0.25, 0.3) is 0 Å². The van der Waals surface area contributed by atoms with Crippen molar-refractivity contribution in [3.05, 3.63) is 29.8 Å². The lowest BCUT2D eigenvalue weighted by Crippen LogP contribution is -2.50. The number of nitrogens with one attached hydrogen (secondary N) is 1. The van der Waals surface area contributed by atoms with Crippen LogP contribution in [-0.2, 0) is 16.6 Å². The summed E-state index contributed by atoms with van der Waals surface area (Å²) in [6.07, 6.45) is 4.30. The molecule has 1 fully saturated rings. The average Bonchev–Trinajstić information content (AvgIpc) is 2.96. The highest BCUT2D eigenvalue weighted by atomic mass is 32.2. The molecular formula is C15H24N2O3S. The summed E-state index contributed by atoms with van der Waals surface area (Å²) in [5.74, 6) is 0. The zero-order valence-corrected chi connectivity index (χ0v) is 13.5. The molecular weight excluding hydrogens is 288 g/mol. The Balaban J connectivity index is 2.13. The lowest BCUT2D eigenvalue weighted by molar-refractivity contribution is 0.162. The molecule has 0 saturated heterocycles. The molecule has 1 aromatic carbocycles. The number of rotatable bonds is 6. The number of sulfonamides is 1. The minimum Gasteiger partial charge on any atom is -0.392 e. The quantitative estimate of drug-likeness (QED) is 0.831. The van der Waals surface area contributed by atoms with Gasteiger partial charge in [-0.15, -0.1) is 0 Å². The molecule has 1 aromatic rings.